The van der Waals surface area contributed by atoms with Crippen LogP contribution in [0.3, 0.4) is 0 Å². The van der Waals surface area contributed by atoms with Gasteiger partial charge in [0, 0.05) is 11.6 Å². The van der Waals surface area contributed by atoms with Crippen molar-refractivity contribution in [1.29, 1.82) is 0 Å². The third-order valence-corrected chi connectivity index (χ3v) is 2.08. The highest BCUT2D eigenvalue weighted by molar-refractivity contribution is 6.30. The molecule has 0 N–H and O–H groups in total. The molecule has 0 aliphatic carbocycles. The summed E-state index contributed by atoms with van der Waals surface area (Å²) in [6.45, 7) is 3.70. The molecule has 0 saturated heterocycles. The number of rotatable bonds is 5. The molecule has 0 unspecified atom stereocenters. The minimum Gasteiger partial charge on any atom is -0.377 e. The van der Waals surface area contributed by atoms with Crippen molar-refractivity contribution in [3.8, 4) is 0 Å². The maximum atomic E-state index is 5.75. The molecule has 0 fully saturated rings. The van der Waals surface area contributed by atoms with Gasteiger partial charge in [-0.3, -0.25) is 0 Å². The molecule has 0 aliphatic rings. The summed E-state index contributed by atoms with van der Waals surface area (Å²) >= 11 is 5.75. The lowest BCUT2D eigenvalue weighted by molar-refractivity contribution is 0.118. The molecular weight excluding hydrogens is 184 g/mol. The molecule has 0 saturated carbocycles. The van der Waals surface area contributed by atoms with E-state index in [2.05, 4.69) is 6.92 Å². The lowest BCUT2D eigenvalue weighted by Gasteiger charge is -2.02. The van der Waals surface area contributed by atoms with Crippen LogP contribution in [0, 0.1) is 0 Å². The molecule has 0 aliphatic heterocycles. The predicted molar refractivity (Wildman–Crippen MR) is 56.0 cm³/mol. The van der Waals surface area contributed by atoms with Crippen LogP contribution in [0.5, 0.6) is 0 Å². The molecule has 0 aromatic heterocycles. The fraction of sp³-hybridized carbons (Fsp3) is 0.455. The second-order valence-corrected chi connectivity index (χ2v) is 3.47. The van der Waals surface area contributed by atoms with E-state index in [0.29, 0.717) is 6.61 Å². The summed E-state index contributed by atoms with van der Waals surface area (Å²) < 4.78 is 5.46. The SMILES string of the molecule is CCCCOCc1ccc(Cl)cc1. The molecule has 1 nitrogen and oxygen atoms in total. The molecule has 0 heterocycles. The predicted octanol–water partition coefficient (Wildman–Crippen LogP) is 3.66. The van der Waals surface area contributed by atoms with Crippen LogP contribution in [0.15, 0.2) is 24.3 Å². The number of ether oxygens (including phenoxy) is 1. The van der Waals surface area contributed by atoms with Gasteiger partial charge >= 0.3 is 0 Å². The maximum absolute atomic E-state index is 5.75. The van der Waals surface area contributed by atoms with Crippen LogP contribution in [0.1, 0.15) is 25.3 Å². The van der Waals surface area contributed by atoms with Gasteiger partial charge in [0.15, 0.2) is 0 Å². The van der Waals surface area contributed by atoms with Gasteiger partial charge in [0.1, 0.15) is 0 Å². The van der Waals surface area contributed by atoms with E-state index >= 15 is 0 Å². The minimum absolute atomic E-state index is 0.692. The summed E-state index contributed by atoms with van der Waals surface area (Å²) in [5.74, 6) is 0. The first-order chi connectivity index (χ1) is 6.33. The molecule has 72 valence electrons. The first-order valence-electron chi connectivity index (χ1n) is 4.65. The van der Waals surface area contributed by atoms with Crippen molar-refractivity contribution in [1.82, 2.24) is 0 Å². The number of unbranched alkanes of at least 4 members (excludes halogenated alkanes) is 1. The number of halogens is 1. The summed E-state index contributed by atoms with van der Waals surface area (Å²) in [6.07, 6.45) is 2.31. The Balaban J connectivity index is 2.25. The van der Waals surface area contributed by atoms with E-state index in [0.717, 1.165) is 18.1 Å². The summed E-state index contributed by atoms with van der Waals surface area (Å²) in [7, 11) is 0. The molecule has 0 amide bonds. The standard InChI is InChI=1S/C11H15ClO/c1-2-3-8-13-9-10-4-6-11(12)7-5-10/h4-7H,2-3,8-9H2,1H3. The van der Waals surface area contributed by atoms with Gasteiger partial charge in [-0.25, -0.2) is 0 Å². The second kappa shape index (κ2) is 6.01. The molecule has 0 bridgehead atoms. The highest BCUT2D eigenvalue weighted by atomic mass is 35.5. The first-order valence-corrected chi connectivity index (χ1v) is 5.03. The van der Waals surface area contributed by atoms with Crippen molar-refractivity contribution >= 4 is 11.6 Å². The Morgan fingerprint density at radius 3 is 2.54 bits per heavy atom. The van der Waals surface area contributed by atoms with Crippen LogP contribution in [0.2, 0.25) is 5.02 Å². The third kappa shape index (κ3) is 4.30. The summed E-state index contributed by atoms with van der Waals surface area (Å²) in [5.41, 5.74) is 1.18. The molecule has 0 spiro atoms. The highest BCUT2D eigenvalue weighted by Gasteiger charge is 1.92. The van der Waals surface area contributed by atoms with Gasteiger partial charge in [-0.05, 0) is 24.1 Å². The highest BCUT2D eigenvalue weighted by Crippen LogP contribution is 2.10. The molecule has 1 rings (SSSR count). The van der Waals surface area contributed by atoms with Crippen molar-refractivity contribution in [2.24, 2.45) is 0 Å². The zero-order chi connectivity index (χ0) is 9.52. The molecule has 1 aromatic rings. The largest absolute Gasteiger partial charge is 0.377 e. The molecule has 0 radical (unpaired) electrons. The second-order valence-electron chi connectivity index (χ2n) is 3.03. The average molecular weight is 199 g/mol. The van der Waals surface area contributed by atoms with Crippen molar-refractivity contribution in [3.63, 3.8) is 0 Å². The minimum atomic E-state index is 0.692. The normalized spacial score (nSPS) is 10.3. The topological polar surface area (TPSA) is 9.23 Å². The summed E-state index contributed by atoms with van der Waals surface area (Å²) in [4.78, 5) is 0. The van der Waals surface area contributed by atoms with E-state index in [1.54, 1.807) is 0 Å². The number of hydrogen-bond donors (Lipinski definition) is 0. The Labute approximate surface area is 84.7 Å². The van der Waals surface area contributed by atoms with Gasteiger partial charge in [-0.2, -0.15) is 0 Å². The number of benzene rings is 1. The van der Waals surface area contributed by atoms with E-state index < -0.39 is 0 Å². The molecule has 0 atom stereocenters. The first kappa shape index (κ1) is 10.6. The fourth-order valence-corrected chi connectivity index (χ4v) is 1.14. The van der Waals surface area contributed by atoms with Gasteiger partial charge < -0.3 is 4.74 Å². The van der Waals surface area contributed by atoms with Crippen molar-refractivity contribution < 1.29 is 4.74 Å². The van der Waals surface area contributed by atoms with Crippen LogP contribution in [0.25, 0.3) is 0 Å². The van der Waals surface area contributed by atoms with Gasteiger partial charge in [0.05, 0.1) is 6.61 Å². The van der Waals surface area contributed by atoms with E-state index in [4.69, 9.17) is 16.3 Å². The third-order valence-electron chi connectivity index (χ3n) is 1.82. The Morgan fingerprint density at radius 2 is 1.92 bits per heavy atom. The van der Waals surface area contributed by atoms with Gasteiger partial charge in [-0.1, -0.05) is 37.1 Å². The zero-order valence-corrected chi connectivity index (χ0v) is 8.68. The van der Waals surface area contributed by atoms with E-state index in [9.17, 15) is 0 Å². The Bertz CT molecular complexity index is 230. The van der Waals surface area contributed by atoms with E-state index in [1.807, 2.05) is 24.3 Å². The van der Waals surface area contributed by atoms with Crippen LogP contribution in [0.4, 0.5) is 0 Å². The quantitative estimate of drug-likeness (QED) is 0.657. The average Bonchev–Trinajstić information content (AvgIpc) is 2.15. The maximum Gasteiger partial charge on any atom is 0.0716 e. The Hall–Kier alpha value is -0.530. The number of hydrogen-bond acceptors (Lipinski definition) is 1. The smallest absolute Gasteiger partial charge is 0.0716 e. The Kier molecular flexibility index (Phi) is 4.87. The van der Waals surface area contributed by atoms with Crippen molar-refractivity contribution in [2.75, 3.05) is 6.61 Å². The van der Waals surface area contributed by atoms with E-state index in [-0.39, 0.29) is 0 Å². The summed E-state index contributed by atoms with van der Waals surface area (Å²) in [5, 5.41) is 0.775. The van der Waals surface area contributed by atoms with Gasteiger partial charge in [-0.15, -0.1) is 0 Å². The van der Waals surface area contributed by atoms with Crippen LogP contribution >= 0.6 is 11.6 Å². The van der Waals surface area contributed by atoms with Gasteiger partial charge in [0.2, 0.25) is 0 Å². The molecular formula is C11H15ClO. The molecule has 2 heteroatoms. The zero-order valence-electron chi connectivity index (χ0n) is 7.92. The van der Waals surface area contributed by atoms with Crippen LogP contribution in [-0.4, -0.2) is 6.61 Å². The lowest BCUT2D eigenvalue weighted by Crippen LogP contribution is -1.94. The summed E-state index contributed by atoms with van der Waals surface area (Å²) in [6, 6.07) is 7.77. The molecule has 1 aromatic carbocycles. The van der Waals surface area contributed by atoms with Crippen molar-refractivity contribution in [2.45, 2.75) is 26.4 Å². The van der Waals surface area contributed by atoms with E-state index in [1.165, 1.54) is 12.0 Å². The Morgan fingerprint density at radius 1 is 1.23 bits per heavy atom. The molecule has 13 heavy (non-hydrogen) atoms. The van der Waals surface area contributed by atoms with Crippen molar-refractivity contribution in [3.05, 3.63) is 34.9 Å². The lowest BCUT2D eigenvalue weighted by atomic mass is 10.2. The fourth-order valence-electron chi connectivity index (χ4n) is 1.02. The van der Waals surface area contributed by atoms with Crippen LogP contribution < -0.4 is 0 Å². The van der Waals surface area contributed by atoms with Gasteiger partial charge in [0.25, 0.3) is 0 Å². The monoisotopic (exact) mass is 198 g/mol. The van der Waals surface area contributed by atoms with Crippen LogP contribution in [-0.2, 0) is 11.3 Å².